The van der Waals surface area contributed by atoms with Crippen molar-refractivity contribution >= 4 is 29.2 Å². The van der Waals surface area contributed by atoms with E-state index in [9.17, 15) is 9.59 Å². The predicted molar refractivity (Wildman–Crippen MR) is 77.0 cm³/mol. The van der Waals surface area contributed by atoms with Crippen LogP contribution in [0.25, 0.3) is 0 Å². The number of amides is 1. The van der Waals surface area contributed by atoms with Gasteiger partial charge in [-0.1, -0.05) is 11.6 Å². The fourth-order valence-electron chi connectivity index (χ4n) is 2.13. The molecule has 6 nitrogen and oxygen atoms in total. The van der Waals surface area contributed by atoms with Gasteiger partial charge in [-0.2, -0.15) is 5.26 Å². The van der Waals surface area contributed by atoms with Crippen LogP contribution >= 0.6 is 11.6 Å². The fraction of sp³-hybridized carbons (Fsp3) is 0.357. The minimum atomic E-state index is -0.973. The first-order chi connectivity index (χ1) is 9.97. The van der Waals surface area contributed by atoms with Crippen LogP contribution in [-0.2, 0) is 9.59 Å². The highest BCUT2D eigenvalue weighted by molar-refractivity contribution is 6.32. The van der Waals surface area contributed by atoms with Gasteiger partial charge >= 0.3 is 5.97 Å². The Bertz CT molecular complexity index is 620. The van der Waals surface area contributed by atoms with Crippen LogP contribution in [0.5, 0.6) is 0 Å². The average Bonchev–Trinajstić information content (AvgIpc) is 2.37. The fourth-order valence-corrected chi connectivity index (χ4v) is 2.36. The van der Waals surface area contributed by atoms with Crippen LogP contribution in [0, 0.1) is 11.3 Å². The molecule has 0 unspecified atom stereocenters. The second kappa shape index (κ2) is 6.12. The zero-order valence-electron chi connectivity index (χ0n) is 11.1. The van der Waals surface area contributed by atoms with Gasteiger partial charge in [0.2, 0.25) is 5.91 Å². The Morgan fingerprint density at radius 2 is 2.14 bits per heavy atom. The van der Waals surface area contributed by atoms with Gasteiger partial charge in [0.25, 0.3) is 0 Å². The van der Waals surface area contributed by atoms with Crippen molar-refractivity contribution in [2.24, 2.45) is 0 Å². The van der Waals surface area contributed by atoms with Gasteiger partial charge < -0.3 is 10.4 Å². The molecule has 7 heteroatoms. The van der Waals surface area contributed by atoms with E-state index in [1.807, 2.05) is 6.07 Å². The van der Waals surface area contributed by atoms with Gasteiger partial charge in [0.1, 0.15) is 11.6 Å². The Hall–Kier alpha value is -2.10. The summed E-state index contributed by atoms with van der Waals surface area (Å²) in [7, 11) is 0. The normalized spacial score (nSPS) is 15.6. The van der Waals surface area contributed by atoms with E-state index in [1.165, 1.54) is 12.1 Å². The van der Waals surface area contributed by atoms with Gasteiger partial charge in [-0.25, -0.2) is 0 Å². The molecule has 1 fully saturated rings. The summed E-state index contributed by atoms with van der Waals surface area (Å²) in [6.07, 6.45) is 1.89. The SMILES string of the molecule is N#Cc1ccc(NC(=O)CNC2(C(=O)O)CCC2)cc1Cl. The van der Waals surface area contributed by atoms with Crippen LogP contribution in [0.1, 0.15) is 24.8 Å². The molecule has 0 radical (unpaired) electrons. The summed E-state index contributed by atoms with van der Waals surface area (Å²) in [5, 5.41) is 23.6. The van der Waals surface area contributed by atoms with Crippen molar-refractivity contribution < 1.29 is 14.7 Å². The maximum Gasteiger partial charge on any atom is 0.323 e. The highest BCUT2D eigenvalue weighted by atomic mass is 35.5. The summed E-state index contributed by atoms with van der Waals surface area (Å²) in [6, 6.07) is 6.48. The second-order valence-corrected chi connectivity index (χ2v) is 5.36. The summed E-state index contributed by atoms with van der Waals surface area (Å²) < 4.78 is 0. The minimum absolute atomic E-state index is 0.0933. The molecular formula is C14H14ClN3O3. The van der Waals surface area contributed by atoms with Crippen LogP contribution < -0.4 is 10.6 Å². The molecule has 0 saturated heterocycles. The molecule has 0 aromatic heterocycles. The molecule has 0 bridgehead atoms. The predicted octanol–water partition coefficient (Wildman–Crippen LogP) is 1.75. The van der Waals surface area contributed by atoms with Gasteiger partial charge in [0.15, 0.2) is 0 Å². The van der Waals surface area contributed by atoms with Crippen LogP contribution in [0.4, 0.5) is 5.69 Å². The lowest BCUT2D eigenvalue weighted by Gasteiger charge is -2.38. The van der Waals surface area contributed by atoms with Crippen molar-refractivity contribution in [2.75, 3.05) is 11.9 Å². The maximum atomic E-state index is 11.8. The largest absolute Gasteiger partial charge is 0.480 e. The third kappa shape index (κ3) is 3.32. The highest BCUT2D eigenvalue weighted by Gasteiger charge is 2.44. The van der Waals surface area contributed by atoms with Crippen molar-refractivity contribution in [1.82, 2.24) is 5.32 Å². The summed E-state index contributed by atoms with van der Waals surface area (Å²) in [5.74, 6) is -1.29. The molecule has 0 spiro atoms. The highest BCUT2D eigenvalue weighted by Crippen LogP contribution is 2.31. The third-order valence-electron chi connectivity index (χ3n) is 3.58. The monoisotopic (exact) mass is 307 g/mol. The summed E-state index contributed by atoms with van der Waals surface area (Å²) >= 11 is 5.87. The zero-order valence-corrected chi connectivity index (χ0v) is 11.9. The number of carboxylic acids is 1. The molecule has 0 aliphatic heterocycles. The molecular weight excluding hydrogens is 294 g/mol. The summed E-state index contributed by atoms with van der Waals surface area (Å²) in [6.45, 7) is -0.0933. The van der Waals surface area contributed by atoms with E-state index in [4.69, 9.17) is 22.0 Å². The smallest absolute Gasteiger partial charge is 0.323 e. The third-order valence-corrected chi connectivity index (χ3v) is 3.89. The minimum Gasteiger partial charge on any atom is -0.480 e. The van der Waals surface area contributed by atoms with Crippen molar-refractivity contribution in [1.29, 1.82) is 5.26 Å². The number of hydrogen-bond donors (Lipinski definition) is 3. The number of anilines is 1. The lowest BCUT2D eigenvalue weighted by atomic mass is 9.77. The number of halogens is 1. The molecule has 0 heterocycles. The molecule has 1 aliphatic rings. The van der Waals surface area contributed by atoms with Crippen molar-refractivity contribution in [3.63, 3.8) is 0 Å². The average molecular weight is 308 g/mol. The molecule has 1 saturated carbocycles. The van der Waals surface area contributed by atoms with Gasteiger partial charge in [-0.3, -0.25) is 14.9 Å². The first-order valence-corrected chi connectivity index (χ1v) is 6.82. The van der Waals surface area contributed by atoms with Crippen LogP contribution in [0.2, 0.25) is 5.02 Å². The molecule has 2 rings (SSSR count). The van der Waals surface area contributed by atoms with Gasteiger partial charge in [-0.05, 0) is 37.5 Å². The Morgan fingerprint density at radius 3 is 2.62 bits per heavy atom. The number of nitriles is 1. The van der Waals surface area contributed by atoms with E-state index >= 15 is 0 Å². The number of benzene rings is 1. The van der Waals surface area contributed by atoms with E-state index in [0.717, 1.165) is 6.42 Å². The number of carbonyl (C=O) groups excluding carboxylic acids is 1. The number of carbonyl (C=O) groups is 2. The number of aliphatic carboxylic acids is 1. The quantitative estimate of drug-likeness (QED) is 0.769. The van der Waals surface area contributed by atoms with Gasteiger partial charge in [0.05, 0.1) is 17.1 Å². The van der Waals surface area contributed by atoms with E-state index in [2.05, 4.69) is 10.6 Å². The molecule has 1 aromatic carbocycles. The second-order valence-electron chi connectivity index (χ2n) is 4.95. The Balaban J connectivity index is 1.92. The molecule has 110 valence electrons. The first-order valence-electron chi connectivity index (χ1n) is 6.45. The van der Waals surface area contributed by atoms with Crippen LogP contribution in [0.3, 0.4) is 0 Å². The van der Waals surface area contributed by atoms with E-state index < -0.39 is 11.5 Å². The topological polar surface area (TPSA) is 102 Å². The van der Waals surface area contributed by atoms with Gasteiger partial charge in [0, 0.05) is 5.69 Å². The van der Waals surface area contributed by atoms with E-state index in [0.29, 0.717) is 24.1 Å². The van der Waals surface area contributed by atoms with Gasteiger partial charge in [-0.15, -0.1) is 0 Å². The molecule has 3 N–H and O–H groups in total. The van der Waals surface area contributed by atoms with Crippen molar-refractivity contribution in [3.05, 3.63) is 28.8 Å². The number of rotatable bonds is 5. The summed E-state index contributed by atoms with van der Waals surface area (Å²) in [4.78, 5) is 23.0. The van der Waals surface area contributed by atoms with Crippen LogP contribution in [0.15, 0.2) is 18.2 Å². The number of nitrogens with one attached hydrogen (secondary N) is 2. The van der Waals surface area contributed by atoms with Crippen molar-refractivity contribution in [3.8, 4) is 6.07 Å². The number of nitrogens with zero attached hydrogens (tertiary/aromatic N) is 1. The van der Waals surface area contributed by atoms with E-state index in [1.54, 1.807) is 6.07 Å². The van der Waals surface area contributed by atoms with Crippen molar-refractivity contribution in [2.45, 2.75) is 24.8 Å². The Morgan fingerprint density at radius 1 is 1.43 bits per heavy atom. The summed E-state index contributed by atoms with van der Waals surface area (Å²) in [5.41, 5.74) is -0.185. The van der Waals surface area contributed by atoms with Crippen LogP contribution in [-0.4, -0.2) is 29.1 Å². The maximum absolute atomic E-state index is 11.8. The lowest BCUT2D eigenvalue weighted by molar-refractivity contribution is -0.148. The molecule has 1 amide bonds. The Kier molecular flexibility index (Phi) is 4.46. The number of hydrogen-bond acceptors (Lipinski definition) is 4. The zero-order chi connectivity index (χ0) is 15.5. The standard InChI is InChI=1S/C14H14ClN3O3/c15-11-6-10(3-2-9(11)7-16)18-12(19)8-17-14(13(20)21)4-1-5-14/h2-3,6,17H,1,4-5,8H2,(H,18,19)(H,20,21). The molecule has 1 aromatic rings. The number of carboxylic acid groups (broad SMARTS) is 1. The first kappa shape index (κ1) is 15.3. The molecule has 21 heavy (non-hydrogen) atoms. The molecule has 1 aliphatic carbocycles. The van der Waals surface area contributed by atoms with E-state index in [-0.39, 0.29) is 17.5 Å². The lowest BCUT2D eigenvalue weighted by Crippen LogP contribution is -2.58. The Labute approximate surface area is 126 Å². The molecule has 0 atom stereocenters.